The van der Waals surface area contributed by atoms with E-state index in [1.165, 1.54) is 0 Å². The highest BCUT2D eigenvalue weighted by molar-refractivity contribution is 6.71. The molecule has 1 spiro atoms. The number of aromatic amines is 1. The van der Waals surface area contributed by atoms with Crippen LogP contribution < -0.4 is 10.2 Å². The fourth-order valence-electron chi connectivity index (χ4n) is 8.29. The van der Waals surface area contributed by atoms with Crippen LogP contribution in [0, 0.1) is 5.92 Å². The number of hydrogen-bond acceptors (Lipinski definition) is 6. The van der Waals surface area contributed by atoms with E-state index < -0.39 is 31.5 Å². The first-order chi connectivity index (χ1) is 25.0. The summed E-state index contributed by atoms with van der Waals surface area (Å²) in [5, 5.41) is 13.9. The Balaban J connectivity index is 1.24. The van der Waals surface area contributed by atoms with Crippen molar-refractivity contribution in [3.05, 3.63) is 126 Å². The maximum absolute atomic E-state index is 15.0. The lowest BCUT2D eigenvalue weighted by molar-refractivity contribution is -0.149. The summed E-state index contributed by atoms with van der Waals surface area (Å²) < 4.78 is 6.95. The number of aromatic nitrogens is 1. The lowest BCUT2D eigenvalue weighted by Crippen LogP contribution is -2.45. The van der Waals surface area contributed by atoms with Crippen molar-refractivity contribution in [2.45, 2.75) is 56.7 Å². The van der Waals surface area contributed by atoms with E-state index in [-0.39, 0.29) is 43.7 Å². The molecule has 2 aliphatic heterocycles. The van der Waals surface area contributed by atoms with Crippen LogP contribution in [0.25, 0.3) is 10.9 Å². The minimum atomic E-state index is -3.08. The van der Waals surface area contributed by atoms with Gasteiger partial charge in [0, 0.05) is 58.6 Å². The zero-order chi connectivity index (χ0) is 36.6. The SMILES string of the molecule is C[C@@H]1[C@@H]([Si](C)(C)O)[C@H](CC(=O)N(CCO)Cc2ccccc2)O[C@@]12C(=O)N(c1ccccc1)c1ccc(NC(=O)Cc3c[nH]c4ccccc34)cc12. The van der Waals surface area contributed by atoms with E-state index in [1.807, 2.05) is 117 Å². The number of aliphatic hydroxyl groups is 1. The van der Waals surface area contributed by atoms with Crippen molar-refractivity contribution in [1.29, 1.82) is 0 Å². The third kappa shape index (κ3) is 6.45. The zero-order valence-electron chi connectivity index (χ0n) is 29.6. The molecule has 3 amide bonds. The normalized spacial score (nSPS) is 21.1. The molecule has 4 aromatic carbocycles. The average molecular weight is 717 g/mol. The monoisotopic (exact) mass is 716 g/mol. The van der Waals surface area contributed by atoms with Crippen LogP contribution in [0.5, 0.6) is 0 Å². The summed E-state index contributed by atoms with van der Waals surface area (Å²) in [6.45, 7) is 5.80. The Kier molecular flexibility index (Phi) is 9.62. The highest BCUT2D eigenvalue weighted by Gasteiger charge is 2.66. The van der Waals surface area contributed by atoms with Gasteiger partial charge in [-0.25, -0.2) is 0 Å². The van der Waals surface area contributed by atoms with Gasteiger partial charge >= 0.3 is 0 Å². The third-order valence-electron chi connectivity index (χ3n) is 10.5. The van der Waals surface area contributed by atoms with Crippen LogP contribution in [-0.4, -0.2) is 65.1 Å². The molecule has 0 radical (unpaired) electrons. The van der Waals surface area contributed by atoms with E-state index in [2.05, 4.69) is 10.3 Å². The first kappa shape index (κ1) is 35.3. The predicted molar refractivity (Wildman–Crippen MR) is 203 cm³/mol. The molecule has 0 aliphatic carbocycles. The molecule has 0 saturated carbocycles. The number of benzene rings is 4. The summed E-state index contributed by atoms with van der Waals surface area (Å²) in [5.74, 6) is -1.28. The van der Waals surface area contributed by atoms with Crippen molar-refractivity contribution in [2.75, 3.05) is 23.4 Å². The molecular formula is C41H44N4O6Si. The van der Waals surface area contributed by atoms with Crippen LogP contribution in [-0.2, 0) is 37.7 Å². The number of amides is 3. The molecule has 0 bridgehead atoms. The maximum atomic E-state index is 15.0. The molecule has 1 saturated heterocycles. The second-order valence-electron chi connectivity index (χ2n) is 14.4. The van der Waals surface area contributed by atoms with Crippen molar-refractivity contribution >= 4 is 54.0 Å². The molecular weight excluding hydrogens is 673 g/mol. The summed E-state index contributed by atoms with van der Waals surface area (Å²) in [5.41, 5.74) is 3.09. The van der Waals surface area contributed by atoms with E-state index in [4.69, 9.17) is 4.74 Å². The summed E-state index contributed by atoms with van der Waals surface area (Å²) in [6.07, 6.45) is 1.14. The first-order valence-corrected chi connectivity index (χ1v) is 20.8. The molecule has 11 heteroatoms. The van der Waals surface area contributed by atoms with Crippen LogP contribution in [0.2, 0.25) is 18.6 Å². The Morgan fingerprint density at radius 1 is 0.981 bits per heavy atom. The van der Waals surface area contributed by atoms with Gasteiger partial charge in [0.15, 0.2) is 13.9 Å². The van der Waals surface area contributed by atoms with Crippen molar-refractivity contribution in [1.82, 2.24) is 9.88 Å². The van der Waals surface area contributed by atoms with E-state index in [9.17, 15) is 24.3 Å². The molecule has 4 N–H and O–H groups in total. The van der Waals surface area contributed by atoms with Gasteiger partial charge in [-0.05, 0) is 60.6 Å². The highest BCUT2D eigenvalue weighted by Crippen LogP contribution is 2.61. The molecule has 7 rings (SSSR count). The summed E-state index contributed by atoms with van der Waals surface area (Å²) in [4.78, 5) is 60.6. The molecule has 4 atom stereocenters. The van der Waals surface area contributed by atoms with Crippen LogP contribution >= 0.6 is 0 Å². The van der Waals surface area contributed by atoms with Gasteiger partial charge in [-0.1, -0.05) is 73.7 Å². The Labute approximate surface area is 304 Å². The number of ether oxygens (including phenoxy) is 1. The number of aliphatic hydroxyl groups excluding tert-OH is 1. The van der Waals surface area contributed by atoms with Gasteiger partial charge in [-0.3, -0.25) is 19.3 Å². The van der Waals surface area contributed by atoms with Crippen molar-refractivity contribution in [3.8, 4) is 0 Å². The topological polar surface area (TPSA) is 135 Å². The van der Waals surface area contributed by atoms with E-state index in [0.29, 0.717) is 29.2 Å². The second-order valence-corrected chi connectivity index (χ2v) is 18.4. The standard InChI is InChI=1S/C41H44N4O6Si/c1-27-39(52(2,3)50)36(24-38(48)44(20-21-46)26-28-12-6-4-7-13-28)51-41(27)33-23-30(18-19-35(33)45(40(41)49)31-14-8-5-9-15-31)43-37(47)22-29-25-42-34-17-11-10-16-32(29)34/h4-19,23,25,27,36,39,42,46,50H,20-22,24,26H2,1-3H3,(H,43,47)/t27-,36+,39-,41+/m1/s1. The van der Waals surface area contributed by atoms with Gasteiger partial charge in [0.05, 0.1) is 31.2 Å². The molecule has 268 valence electrons. The molecule has 5 aromatic rings. The number of hydrogen-bond donors (Lipinski definition) is 4. The summed E-state index contributed by atoms with van der Waals surface area (Å²) >= 11 is 0. The molecule has 2 aliphatic rings. The van der Waals surface area contributed by atoms with Crippen LogP contribution in [0.15, 0.2) is 109 Å². The molecule has 10 nitrogen and oxygen atoms in total. The van der Waals surface area contributed by atoms with Crippen LogP contribution in [0.4, 0.5) is 17.1 Å². The number of rotatable bonds is 11. The molecule has 0 unspecified atom stereocenters. The largest absolute Gasteiger partial charge is 0.432 e. The first-order valence-electron chi connectivity index (χ1n) is 17.7. The summed E-state index contributed by atoms with van der Waals surface area (Å²) in [7, 11) is -3.08. The number of carbonyl (C=O) groups excluding carboxylic acids is 3. The maximum Gasteiger partial charge on any atom is 0.268 e. The quantitative estimate of drug-likeness (QED) is 0.120. The number of nitrogens with one attached hydrogen (secondary N) is 2. The van der Waals surface area contributed by atoms with Crippen molar-refractivity contribution in [2.24, 2.45) is 5.92 Å². The fourth-order valence-corrected chi connectivity index (χ4v) is 10.8. The number of para-hydroxylation sites is 2. The number of anilines is 3. The lowest BCUT2D eigenvalue weighted by atomic mass is 9.82. The van der Waals surface area contributed by atoms with Gasteiger partial charge < -0.3 is 29.8 Å². The summed E-state index contributed by atoms with van der Waals surface area (Å²) in [6, 6.07) is 32.1. The zero-order valence-corrected chi connectivity index (χ0v) is 30.6. The van der Waals surface area contributed by atoms with Crippen molar-refractivity contribution < 1.29 is 29.0 Å². The van der Waals surface area contributed by atoms with E-state index in [1.54, 1.807) is 21.9 Å². The number of fused-ring (bicyclic) bond motifs is 3. The average Bonchev–Trinajstić information content (AvgIpc) is 3.75. The van der Waals surface area contributed by atoms with Gasteiger partial charge in [-0.2, -0.15) is 0 Å². The Hall–Kier alpha value is -5.07. The van der Waals surface area contributed by atoms with Gasteiger partial charge in [-0.15, -0.1) is 0 Å². The fraction of sp³-hybridized carbons (Fsp3) is 0.293. The predicted octanol–water partition coefficient (Wildman–Crippen LogP) is 6.24. The van der Waals surface area contributed by atoms with Gasteiger partial charge in [0.25, 0.3) is 5.91 Å². The van der Waals surface area contributed by atoms with E-state index in [0.717, 1.165) is 22.0 Å². The van der Waals surface area contributed by atoms with Crippen molar-refractivity contribution in [3.63, 3.8) is 0 Å². The molecule has 3 heterocycles. The Morgan fingerprint density at radius 3 is 2.38 bits per heavy atom. The molecule has 52 heavy (non-hydrogen) atoms. The minimum Gasteiger partial charge on any atom is -0.432 e. The highest BCUT2D eigenvalue weighted by atomic mass is 28.4. The third-order valence-corrected chi connectivity index (χ3v) is 13.0. The number of carbonyl (C=O) groups is 3. The van der Waals surface area contributed by atoms with Crippen LogP contribution in [0.1, 0.15) is 30.0 Å². The van der Waals surface area contributed by atoms with E-state index >= 15 is 0 Å². The molecule has 1 aromatic heterocycles. The number of nitrogens with zero attached hydrogens (tertiary/aromatic N) is 2. The smallest absolute Gasteiger partial charge is 0.268 e. The van der Waals surface area contributed by atoms with Crippen LogP contribution in [0.3, 0.4) is 0 Å². The number of H-pyrrole nitrogens is 1. The minimum absolute atomic E-state index is 0.0738. The molecule has 1 fully saturated rings. The second kappa shape index (κ2) is 14.2. The van der Waals surface area contributed by atoms with Gasteiger partial charge in [0.2, 0.25) is 11.8 Å². The Bertz CT molecular complexity index is 2100. The lowest BCUT2D eigenvalue weighted by Gasteiger charge is -2.32. The van der Waals surface area contributed by atoms with Gasteiger partial charge in [0.1, 0.15) is 0 Å². The Morgan fingerprint density at radius 2 is 1.67 bits per heavy atom.